The number of benzene rings is 1. The number of para-hydroxylation sites is 1. The zero-order valence-electron chi connectivity index (χ0n) is 11.2. The Morgan fingerprint density at radius 1 is 1.06 bits per heavy atom. The predicted molar refractivity (Wildman–Crippen MR) is 77.8 cm³/mol. The molecule has 0 atom stereocenters. The van der Waals surface area contributed by atoms with Crippen LogP contribution in [0.5, 0.6) is 0 Å². The fraction of sp³-hybridized carbons (Fsp3) is 0.438. The molecule has 0 unspecified atom stereocenters. The third-order valence-electron chi connectivity index (χ3n) is 3.22. The molecule has 0 saturated heterocycles. The highest BCUT2D eigenvalue weighted by Crippen LogP contribution is 2.17. The molecule has 1 heterocycles. The first-order chi connectivity index (χ1) is 8.92. The van der Waals surface area contributed by atoms with E-state index in [9.17, 15) is 0 Å². The van der Waals surface area contributed by atoms with Crippen molar-refractivity contribution < 1.29 is 0 Å². The minimum Gasteiger partial charge on any atom is -0.317 e. The van der Waals surface area contributed by atoms with Crippen molar-refractivity contribution >= 4 is 10.9 Å². The largest absolute Gasteiger partial charge is 0.317 e. The van der Waals surface area contributed by atoms with Gasteiger partial charge < -0.3 is 5.32 Å². The molecule has 1 N–H and O–H groups in total. The quantitative estimate of drug-likeness (QED) is 0.751. The van der Waals surface area contributed by atoms with E-state index in [4.69, 9.17) is 0 Å². The Morgan fingerprint density at radius 3 is 2.83 bits per heavy atom. The minimum absolute atomic E-state index is 1.11. The van der Waals surface area contributed by atoms with Crippen LogP contribution in [0.3, 0.4) is 0 Å². The van der Waals surface area contributed by atoms with Gasteiger partial charge in [0.2, 0.25) is 0 Å². The summed E-state index contributed by atoms with van der Waals surface area (Å²) in [7, 11) is 0. The number of hydrogen-bond donors (Lipinski definition) is 1. The van der Waals surface area contributed by atoms with Crippen LogP contribution in [0.1, 0.15) is 31.7 Å². The average Bonchev–Trinajstić information content (AvgIpc) is 2.43. The van der Waals surface area contributed by atoms with Crippen LogP contribution in [0.15, 0.2) is 36.5 Å². The molecule has 2 aromatic rings. The van der Waals surface area contributed by atoms with Gasteiger partial charge in [-0.05, 0) is 56.5 Å². The second kappa shape index (κ2) is 7.12. The van der Waals surface area contributed by atoms with Crippen molar-refractivity contribution in [1.29, 1.82) is 0 Å². The van der Waals surface area contributed by atoms with E-state index in [1.807, 2.05) is 12.3 Å². The summed E-state index contributed by atoms with van der Waals surface area (Å²) >= 11 is 0. The summed E-state index contributed by atoms with van der Waals surface area (Å²) in [4.78, 5) is 4.40. The van der Waals surface area contributed by atoms with Gasteiger partial charge in [-0.25, -0.2) is 0 Å². The molecular weight excluding hydrogens is 220 g/mol. The first-order valence-corrected chi connectivity index (χ1v) is 6.95. The van der Waals surface area contributed by atoms with Crippen molar-refractivity contribution in [3.63, 3.8) is 0 Å². The van der Waals surface area contributed by atoms with E-state index in [-0.39, 0.29) is 0 Å². The Bertz CT molecular complexity index is 474. The van der Waals surface area contributed by atoms with Gasteiger partial charge in [0, 0.05) is 11.6 Å². The summed E-state index contributed by atoms with van der Waals surface area (Å²) in [5.41, 5.74) is 2.54. The van der Waals surface area contributed by atoms with E-state index in [1.54, 1.807) is 0 Å². The number of rotatable bonds is 7. The SMILES string of the molecule is CCCNCCCCc1ccnc2ccccc12. The molecule has 0 spiro atoms. The Balaban J connectivity index is 1.88. The van der Waals surface area contributed by atoms with Crippen molar-refractivity contribution in [1.82, 2.24) is 10.3 Å². The third-order valence-corrected chi connectivity index (χ3v) is 3.22. The fourth-order valence-electron chi connectivity index (χ4n) is 2.24. The predicted octanol–water partition coefficient (Wildman–Crippen LogP) is 3.56. The number of nitrogens with one attached hydrogen (secondary N) is 1. The number of aromatic nitrogens is 1. The molecule has 1 aromatic heterocycles. The maximum atomic E-state index is 4.40. The molecule has 0 bridgehead atoms. The second-order valence-corrected chi connectivity index (χ2v) is 4.69. The second-order valence-electron chi connectivity index (χ2n) is 4.69. The molecule has 2 rings (SSSR count). The monoisotopic (exact) mass is 242 g/mol. The van der Waals surface area contributed by atoms with E-state index in [2.05, 4.69) is 41.5 Å². The summed E-state index contributed by atoms with van der Waals surface area (Å²) in [5.74, 6) is 0. The highest BCUT2D eigenvalue weighted by atomic mass is 14.8. The van der Waals surface area contributed by atoms with Crippen LogP contribution < -0.4 is 5.32 Å². The summed E-state index contributed by atoms with van der Waals surface area (Å²) < 4.78 is 0. The van der Waals surface area contributed by atoms with Gasteiger partial charge in [0.15, 0.2) is 0 Å². The van der Waals surface area contributed by atoms with Crippen LogP contribution in [0.4, 0.5) is 0 Å². The first-order valence-electron chi connectivity index (χ1n) is 6.95. The molecule has 0 saturated carbocycles. The maximum Gasteiger partial charge on any atom is 0.0704 e. The molecule has 2 heteroatoms. The van der Waals surface area contributed by atoms with Crippen molar-refractivity contribution in [2.24, 2.45) is 0 Å². The molecule has 2 nitrogen and oxygen atoms in total. The summed E-state index contributed by atoms with van der Waals surface area (Å²) in [6.07, 6.45) is 6.78. The molecule has 1 aromatic carbocycles. The standard InChI is InChI=1S/C16H22N2/c1-2-11-17-12-6-5-7-14-10-13-18-16-9-4-3-8-15(14)16/h3-4,8-10,13,17H,2,5-7,11-12H2,1H3. The normalized spacial score (nSPS) is 10.9. The molecule has 0 fully saturated rings. The number of hydrogen-bond acceptors (Lipinski definition) is 2. The van der Waals surface area contributed by atoms with Gasteiger partial charge in [0.05, 0.1) is 5.52 Å². The van der Waals surface area contributed by atoms with Gasteiger partial charge in [-0.1, -0.05) is 25.1 Å². The van der Waals surface area contributed by atoms with E-state index in [0.717, 1.165) is 25.0 Å². The lowest BCUT2D eigenvalue weighted by molar-refractivity contribution is 0.617. The average molecular weight is 242 g/mol. The van der Waals surface area contributed by atoms with Crippen molar-refractivity contribution in [2.75, 3.05) is 13.1 Å². The van der Waals surface area contributed by atoms with Crippen LogP contribution in [-0.4, -0.2) is 18.1 Å². The number of aryl methyl sites for hydroxylation is 1. The minimum atomic E-state index is 1.11. The third kappa shape index (κ3) is 3.54. The smallest absolute Gasteiger partial charge is 0.0704 e. The number of pyridine rings is 1. The Hall–Kier alpha value is -1.41. The van der Waals surface area contributed by atoms with Crippen LogP contribution in [0.25, 0.3) is 10.9 Å². The van der Waals surface area contributed by atoms with E-state index in [1.165, 1.54) is 30.2 Å². The van der Waals surface area contributed by atoms with E-state index >= 15 is 0 Å². The molecule has 0 amide bonds. The van der Waals surface area contributed by atoms with Crippen LogP contribution >= 0.6 is 0 Å². The Labute approximate surface area is 109 Å². The Kier molecular flexibility index (Phi) is 5.15. The van der Waals surface area contributed by atoms with Crippen molar-refractivity contribution in [2.45, 2.75) is 32.6 Å². The fourth-order valence-corrected chi connectivity index (χ4v) is 2.24. The van der Waals surface area contributed by atoms with Gasteiger partial charge in [0.25, 0.3) is 0 Å². The van der Waals surface area contributed by atoms with E-state index < -0.39 is 0 Å². The number of unbranched alkanes of at least 4 members (excludes halogenated alkanes) is 1. The summed E-state index contributed by atoms with van der Waals surface area (Å²) in [5, 5.41) is 4.75. The maximum absolute atomic E-state index is 4.40. The number of fused-ring (bicyclic) bond motifs is 1. The molecule has 18 heavy (non-hydrogen) atoms. The zero-order valence-corrected chi connectivity index (χ0v) is 11.2. The van der Waals surface area contributed by atoms with Gasteiger partial charge in [0.1, 0.15) is 0 Å². The summed E-state index contributed by atoms with van der Waals surface area (Å²) in [6, 6.07) is 10.6. The van der Waals surface area contributed by atoms with E-state index in [0.29, 0.717) is 0 Å². The van der Waals surface area contributed by atoms with Crippen LogP contribution in [-0.2, 0) is 6.42 Å². The topological polar surface area (TPSA) is 24.9 Å². The molecule has 0 radical (unpaired) electrons. The zero-order chi connectivity index (χ0) is 12.6. The molecule has 0 aliphatic heterocycles. The van der Waals surface area contributed by atoms with Crippen LogP contribution in [0, 0.1) is 0 Å². The van der Waals surface area contributed by atoms with Gasteiger partial charge in [-0.3, -0.25) is 4.98 Å². The molecular formula is C16H22N2. The highest BCUT2D eigenvalue weighted by molar-refractivity contribution is 5.81. The van der Waals surface area contributed by atoms with Gasteiger partial charge >= 0.3 is 0 Å². The highest BCUT2D eigenvalue weighted by Gasteiger charge is 2.00. The molecule has 96 valence electrons. The molecule has 0 aliphatic rings. The van der Waals surface area contributed by atoms with Crippen LogP contribution in [0.2, 0.25) is 0 Å². The van der Waals surface area contributed by atoms with Gasteiger partial charge in [-0.2, -0.15) is 0 Å². The van der Waals surface area contributed by atoms with Crippen molar-refractivity contribution in [3.05, 3.63) is 42.1 Å². The van der Waals surface area contributed by atoms with Gasteiger partial charge in [-0.15, -0.1) is 0 Å². The lowest BCUT2D eigenvalue weighted by atomic mass is 10.0. The lowest BCUT2D eigenvalue weighted by Gasteiger charge is -2.06. The number of nitrogens with zero attached hydrogens (tertiary/aromatic N) is 1. The first kappa shape index (κ1) is 13.0. The lowest BCUT2D eigenvalue weighted by Crippen LogP contribution is -2.15. The van der Waals surface area contributed by atoms with Crippen molar-refractivity contribution in [3.8, 4) is 0 Å². The molecule has 0 aliphatic carbocycles. The summed E-state index contributed by atoms with van der Waals surface area (Å²) in [6.45, 7) is 4.48. The Morgan fingerprint density at radius 2 is 1.94 bits per heavy atom.